The largest absolute Gasteiger partial charge is 0.397 e. The number of morpholine rings is 1. The molecule has 1 heterocycles. The van der Waals surface area contributed by atoms with Crippen LogP contribution in [0.4, 0.5) is 11.4 Å². The Kier molecular flexibility index (Phi) is 3.72. The summed E-state index contributed by atoms with van der Waals surface area (Å²) in [5.74, 6) is -0.00785. The number of ether oxygens (including phenoxy) is 1. The third-order valence-corrected chi connectivity index (χ3v) is 3.97. The van der Waals surface area contributed by atoms with Gasteiger partial charge in [-0.2, -0.15) is 0 Å². The Morgan fingerprint density at radius 3 is 2.95 bits per heavy atom. The van der Waals surface area contributed by atoms with Gasteiger partial charge in [0.25, 0.3) is 0 Å². The number of para-hydroxylation sites is 1. The van der Waals surface area contributed by atoms with Crippen LogP contribution in [0.1, 0.15) is 12.8 Å². The first-order valence-electron chi connectivity index (χ1n) is 6.85. The number of halogens is 1. The van der Waals surface area contributed by atoms with Crippen LogP contribution < -0.4 is 16.0 Å². The molecule has 1 saturated heterocycles. The van der Waals surface area contributed by atoms with Crippen molar-refractivity contribution in [3.8, 4) is 0 Å². The molecule has 1 aromatic carbocycles. The molecule has 1 aromatic rings. The number of hydrogen-bond acceptors (Lipinski definition) is 4. The van der Waals surface area contributed by atoms with E-state index in [1.165, 1.54) is 0 Å². The predicted molar refractivity (Wildman–Crippen MR) is 79.0 cm³/mol. The van der Waals surface area contributed by atoms with Crippen molar-refractivity contribution >= 4 is 28.9 Å². The fourth-order valence-corrected chi connectivity index (χ4v) is 2.74. The number of anilines is 2. The second-order valence-electron chi connectivity index (χ2n) is 5.24. The van der Waals surface area contributed by atoms with Crippen LogP contribution in [0.5, 0.6) is 0 Å². The van der Waals surface area contributed by atoms with Gasteiger partial charge in [0, 0.05) is 12.6 Å². The molecular formula is C14H18ClN3O2. The summed E-state index contributed by atoms with van der Waals surface area (Å²) >= 11 is 6.26. The van der Waals surface area contributed by atoms with Gasteiger partial charge in [-0.05, 0) is 25.0 Å². The molecule has 0 aromatic heterocycles. The van der Waals surface area contributed by atoms with E-state index in [0.29, 0.717) is 36.5 Å². The summed E-state index contributed by atoms with van der Waals surface area (Å²) in [6.07, 6.45) is 2.13. The van der Waals surface area contributed by atoms with Gasteiger partial charge >= 0.3 is 0 Å². The normalized spacial score (nSPS) is 22.6. The molecule has 1 unspecified atom stereocenters. The number of carbonyl (C=O) groups is 1. The molecule has 5 nitrogen and oxygen atoms in total. The van der Waals surface area contributed by atoms with Crippen LogP contribution in [0.15, 0.2) is 18.2 Å². The lowest BCUT2D eigenvalue weighted by Gasteiger charge is -2.37. The Morgan fingerprint density at radius 1 is 1.45 bits per heavy atom. The molecule has 20 heavy (non-hydrogen) atoms. The molecule has 1 aliphatic carbocycles. The van der Waals surface area contributed by atoms with Crippen molar-refractivity contribution in [3.05, 3.63) is 23.2 Å². The monoisotopic (exact) mass is 295 g/mol. The minimum Gasteiger partial charge on any atom is -0.397 e. The third kappa shape index (κ3) is 2.69. The number of benzene rings is 1. The molecule has 1 amide bonds. The number of rotatable bonds is 3. The Morgan fingerprint density at radius 2 is 2.25 bits per heavy atom. The van der Waals surface area contributed by atoms with E-state index < -0.39 is 0 Å². The van der Waals surface area contributed by atoms with Crippen LogP contribution in [0.25, 0.3) is 0 Å². The van der Waals surface area contributed by atoms with E-state index in [-0.39, 0.29) is 11.9 Å². The van der Waals surface area contributed by atoms with Crippen molar-refractivity contribution in [1.29, 1.82) is 0 Å². The summed E-state index contributed by atoms with van der Waals surface area (Å²) in [6.45, 7) is 1.54. The summed E-state index contributed by atoms with van der Waals surface area (Å²) in [7, 11) is 0. The topological polar surface area (TPSA) is 67.6 Å². The van der Waals surface area contributed by atoms with Gasteiger partial charge in [-0.1, -0.05) is 17.7 Å². The van der Waals surface area contributed by atoms with Crippen molar-refractivity contribution in [2.75, 3.05) is 30.4 Å². The van der Waals surface area contributed by atoms with E-state index in [9.17, 15) is 4.79 Å². The molecule has 6 heteroatoms. The molecule has 1 atom stereocenters. The van der Waals surface area contributed by atoms with Crippen LogP contribution in [0.3, 0.4) is 0 Å². The van der Waals surface area contributed by atoms with Gasteiger partial charge in [0.15, 0.2) is 0 Å². The summed E-state index contributed by atoms with van der Waals surface area (Å²) in [6, 6.07) is 5.35. The van der Waals surface area contributed by atoms with Crippen LogP contribution in [0.2, 0.25) is 5.02 Å². The minimum atomic E-state index is -0.369. The molecule has 3 rings (SSSR count). The first-order valence-corrected chi connectivity index (χ1v) is 7.23. The molecule has 1 aliphatic heterocycles. The number of nitrogens with zero attached hydrogens (tertiary/aromatic N) is 1. The number of amides is 1. The molecule has 108 valence electrons. The highest BCUT2D eigenvalue weighted by atomic mass is 35.5. The van der Waals surface area contributed by atoms with Crippen LogP contribution in [-0.2, 0) is 9.53 Å². The molecule has 3 N–H and O–H groups in total. The Bertz CT molecular complexity index is 499. The highest BCUT2D eigenvalue weighted by Gasteiger charge is 2.34. The summed E-state index contributed by atoms with van der Waals surface area (Å²) in [4.78, 5) is 14.3. The van der Waals surface area contributed by atoms with E-state index in [0.717, 1.165) is 18.5 Å². The standard InChI is InChI=1S/C14H18ClN3O2/c15-10-2-1-3-11(16)13(10)18-6-7-20-8-12(18)14(19)17-9-4-5-9/h1-3,9,12H,4-8,16H2,(H,17,19). The van der Waals surface area contributed by atoms with Crippen molar-refractivity contribution in [3.63, 3.8) is 0 Å². The average Bonchev–Trinajstić information content (AvgIpc) is 3.23. The lowest BCUT2D eigenvalue weighted by Crippen LogP contribution is -2.54. The molecule has 2 fully saturated rings. The van der Waals surface area contributed by atoms with Crippen molar-refractivity contribution in [1.82, 2.24) is 5.32 Å². The van der Waals surface area contributed by atoms with Crippen LogP contribution >= 0.6 is 11.6 Å². The summed E-state index contributed by atoms with van der Waals surface area (Å²) in [5.41, 5.74) is 7.35. The zero-order valence-corrected chi connectivity index (χ0v) is 11.9. The lowest BCUT2D eigenvalue weighted by molar-refractivity contribution is -0.124. The van der Waals surface area contributed by atoms with Crippen LogP contribution in [0, 0.1) is 0 Å². The van der Waals surface area contributed by atoms with Gasteiger partial charge in [0.05, 0.1) is 29.6 Å². The Hall–Kier alpha value is -1.46. The van der Waals surface area contributed by atoms with Gasteiger partial charge in [0.1, 0.15) is 6.04 Å². The van der Waals surface area contributed by atoms with Gasteiger partial charge < -0.3 is 20.7 Å². The lowest BCUT2D eigenvalue weighted by atomic mass is 10.1. The smallest absolute Gasteiger partial charge is 0.245 e. The van der Waals surface area contributed by atoms with E-state index in [4.69, 9.17) is 22.1 Å². The van der Waals surface area contributed by atoms with E-state index >= 15 is 0 Å². The zero-order chi connectivity index (χ0) is 14.1. The predicted octanol–water partition coefficient (Wildman–Crippen LogP) is 1.41. The molecule has 0 spiro atoms. The maximum absolute atomic E-state index is 12.3. The second-order valence-corrected chi connectivity index (χ2v) is 5.65. The van der Waals surface area contributed by atoms with E-state index in [1.54, 1.807) is 18.2 Å². The SMILES string of the molecule is Nc1cccc(Cl)c1N1CCOCC1C(=O)NC1CC1. The molecule has 0 bridgehead atoms. The highest BCUT2D eigenvalue weighted by molar-refractivity contribution is 6.34. The molecule has 1 saturated carbocycles. The summed E-state index contributed by atoms with van der Waals surface area (Å²) < 4.78 is 5.45. The highest BCUT2D eigenvalue weighted by Crippen LogP contribution is 2.34. The molecule has 2 aliphatic rings. The van der Waals surface area contributed by atoms with Crippen LogP contribution in [-0.4, -0.2) is 37.7 Å². The first kappa shape index (κ1) is 13.5. The molecular weight excluding hydrogens is 278 g/mol. The maximum atomic E-state index is 12.3. The maximum Gasteiger partial charge on any atom is 0.245 e. The van der Waals surface area contributed by atoms with Gasteiger partial charge in [0.2, 0.25) is 5.91 Å². The zero-order valence-electron chi connectivity index (χ0n) is 11.1. The van der Waals surface area contributed by atoms with Crippen molar-refractivity contribution in [2.45, 2.75) is 24.9 Å². The summed E-state index contributed by atoms with van der Waals surface area (Å²) in [5, 5.41) is 3.58. The van der Waals surface area contributed by atoms with Crippen molar-refractivity contribution in [2.24, 2.45) is 0 Å². The fourth-order valence-electron chi connectivity index (χ4n) is 2.45. The van der Waals surface area contributed by atoms with E-state index in [2.05, 4.69) is 5.32 Å². The number of hydrogen-bond donors (Lipinski definition) is 2. The number of nitrogens with two attached hydrogens (primary N) is 1. The quantitative estimate of drug-likeness (QED) is 0.827. The number of carbonyl (C=O) groups excluding carboxylic acids is 1. The third-order valence-electron chi connectivity index (χ3n) is 3.66. The Balaban J connectivity index is 1.86. The first-order chi connectivity index (χ1) is 9.66. The fraction of sp³-hybridized carbons (Fsp3) is 0.500. The number of nitrogen functional groups attached to an aromatic ring is 1. The van der Waals surface area contributed by atoms with Gasteiger partial charge in [-0.25, -0.2) is 0 Å². The second kappa shape index (κ2) is 5.50. The van der Waals surface area contributed by atoms with Crippen molar-refractivity contribution < 1.29 is 9.53 Å². The van der Waals surface area contributed by atoms with Gasteiger partial charge in [-0.3, -0.25) is 4.79 Å². The minimum absolute atomic E-state index is 0.00785. The molecule has 0 radical (unpaired) electrons. The average molecular weight is 296 g/mol. The van der Waals surface area contributed by atoms with Gasteiger partial charge in [-0.15, -0.1) is 0 Å². The Labute approximate surface area is 123 Å². The number of nitrogens with one attached hydrogen (secondary N) is 1. The van der Waals surface area contributed by atoms with E-state index in [1.807, 2.05) is 4.90 Å².